The van der Waals surface area contributed by atoms with Crippen LogP contribution in [-0.4, -0.2) is 41.0 Å². The number of hydrogen-bond acceptors (Lipinski definition) is 6. The van der Waals surface area contributed by atoms with Crippen LogP contribution in [0, 0.1) is 18.8 Å². The molecule has 1 N–H and O–H groups in total. The van der Waals surface area contributed by atoms with E-state index in [1.807, 2.05) is 0 Å². The van der Waals surface area contributed by atoms with E-state index in [-0.39, 0.29) is 5.56 Å². The topological polar surface area (TPSA) is 75.3 Å². The fourth-order valence-corrected chi connectivity index (χ4v) is 4.80. The van der Waals surface area contributed by atoms with Crippen molar-refractivity contribution in [1.82, 2.24) is 14.9 Å². The fourth-order valence-electron chi connectivity index (χ4n) is 3.68. The molecule has 1 aliphatic rings. The van der Waals surface area contributed by atoms with Crippen LogP contribution in [0.4, 0.5) is 0 Å². The van der Waals surface area contributed by atoms with Crippen LogP contribution < -0.4 is 5.56 Å². The van der Waals surface area contributed by atoms with Crippen LogP contribution >= 0.6 is 11.3 Å². The molecule has 0 radical (unpaired) electrons. The SMILES string of the molecule is COC(=O)c1sc2nc(CN3C[C@@H](C)C[C@H](C)C3)[nH]c(=O)c2c1C. The molecule has 1 saturated heterocycles. The predicted octanol–water partition coefficient (Wildman–Crippen LogP) is 2.56. The van der Waals surface area contributed by atoms with Gasteiger partial charge in [-0.25, -0.2) is 9.78 Å². The van der Waals surface area contributed by atoms with Crippen LogP contribution in [0.1, 0.15) is 41.3 Å². The Labute approximate surface area is 144 Å². The Morgan fingerprint density at radius 3 is 2.67 bits per heavy atom. The standard InChI is InChI=1S/C17H23N3O3S/c1-9-5-10(2)7-20(6-9)8-12-18-15(21)13-11(3)14(17(22)23-4)24-16(13)19-12/h9-10H,5-8H2,1-4H3,(H,18,19,21)/t9-,10-/m0/s1. The van der Waals surface area contributed by atoms with E-state index in [9.17, 15) is 9.59 Å². The molecular weight excluding hydrogens is 326 g/mol. The average molecular weight is 349 g/mol. The number of rotatable bonds is 3. The summed E-state index contributed by atoms with van der Waals surface area (Å²) >= 11 is 1.22. The maximum absolute atomic E-state index is 12.5. The van der Waals surface area contributed by atoms with Crippen LogP contribution in [0.3, 0.4) is 0 Å². The minimum absolute atomic E-state index is 0.183. The van der Waals surface area contributed by atoms with Crippen molar-refractivity contribution in [2.75, 3.05) is 20.2 Å². The van der Waals surface area contributed by atoms with Gasteiger partial charge in [-0.2, -0.15) is 0 Å². The quantitative estimate of drug-likeness (QED) is 0.862. The summed E-state index contributed by atoms with van der Waals surface area (Å²) in [6, 6.07) is 0. The second kappa shape index (κ2) is 6.64. The number of aryl methyl sites for hydroxylation is 1. The Kier molecular flexibility index (Phi) is 4.73. The number of methoxy groups -OCH3 is 1. The summed E-state index contributed by atoms with van der Waals surface area (Å²) in [6.45, 7) is 8.94. The van der Waals surface area contributed by atoms with E-state index in [2.05, 4.69) is 28.7 Å². The molecule has 3 heterocycles. The van der Waals surface area contributed by atoms with Gasteiger partial charge < -0.3 is 9.72 Å². The molecule has 2 atom stereocenters. The number of aromatic amines is 1. The highest BCUT2D eigenvalue weighted by atomic mass is 32.1. The number of thiophene rings is 1. The number of nitrogens with one attached hydrogen (secondary N) is 1. The molecule has 0 amide bonds. The van der Waals surface area contributed by atoms with Crippen molar-refractivity contribution in [3.63, 3.8) is 0 Å². The number of fused-ring (bicyclic) bond motifs is 1. The maximum atomic E-state index is 12.5. The number of carbonyl (C=O) groups excluding carboxylic acids is 1. The van der Waals surface area contributed by atoms with Crippen LogP contribution in [0.15, 0.2) is 4.79 Å². The molecule has 24 heavy (non-hydrogen) atoms. The van der Waals surface area contributed by atoms with Gasteiger partial charge in [0.1, 0.15) is 15.5 Å². The van der Waals surface area contributed by atoms with Crippen molar-refractivity contribution in [1.29, 1.82) is 0 Å². The number of aromatic nitrogens is 2. The Balaban J connectivity index is 1.93. The maximum Gasteiger partial charge on any atom is 0.348 e. The van der Waals surface area contributed by atoms with E-state index in [0.29, 0.717) is 44.9 Å². The van der Waals surface area contributed by atoms with E-state index >= 15 is 0 Å². The number of nitrogens with zero attached hydrogens (tertiary/aromatic N) is 2. The summed E-state index contributed by atoms with van der Waals surface area (Å²) in [5.74, 6) is 1.54. The van der Waals surface area contributed by atoms with Crippen molar-refractivity contribution >= 4 is 27.5 Å². The average Bonchev–Trinajstić information content (AvgIpc) is 2.82. The number of esters is 1. The van der Waals surface area contributed by atoms with Crippen molar-refractivity contribution in [3.8, 4) is 0 Å². The zero-order valence-electron chi connectivity index (χ0n) is 14.5. The van der Waals surface area contributed by atoms with Gasteiger partial charge in [0.25, 0.3) is 5.56 Å². The van der Waals surface area contributed by atoms with Crippen molar-refractivity contribution in [2.45, 2.75) is 33.7 Å². The Morgan fingerprint density at radius 2 is 2.04 bits per heavy atom. The molecule has 2 aromatic heterocycles. The lowest BCUT2D eigenvalue weighted by Gasteiger charge is -2.34. The molecule has 0 aliphatic carbocycles. The highest BCUT2D eigenvalue weighted by Gasteiger charge is 2.24. The van der Waals surface area contributed by atoms with E-state index in [1.54, 1.807) is 6.92 Å². The first kappa shape index (κ1) is 17.1. The number of likely N-dealkylation sites (tertiary alicyclic amines) is 1. The molecule has 6 nitrogen and oxygen atoms in total. The third-order valence-electron chi connectivity index (χ3n) is 4.54. The molecule has 1 fully saturated rings. The zero-order valence-corrected chi connectivity index (χ0v) is 15.3. The summed E-state index contributed by atoms with van der Waals surface area (Å²) in [4.78, 5) is 35.1. The van der Waals surface area contributed by atoms with Crippen LogP contribution in [0.2, 0.25) is 0 Å². The molecule has 0 saturated carbocycles. The van der Waals surface area contributed by atoms with Crippen molar-refractivity contribution in [2.24, 2.45) is 11.8 Å². The van der Waals surface area contributed by atoms with Gasteiger partial charge in [-0.05, 0) is 30.7 Å². The summed E-state index contributed by atoms with van der Waals surface area (Å²) in [5.41, 5.74) is 0.458. The molecule has 130 valence electrons. The van der Waals surface area contributed by atoms with Gasteiger partial charge >= 0.3 is 5.97 Å². The van der Waals surface area contributed by atoms with E-state index < -0.39 is 5.97 Å². The van der Waals surface area contributed by atoms with Crippen LogP contribution in [0.5, 0.6) is 0 Å². The fraction of sp³-hybridized carbons (Fsp3) is 0.588. The predicted molar refractivity (Wildman–Crippen MR) is 94.5 cm³/mol. The smallest absolute Gasteiger partial charge is 0.348 e. The first-order valence-electron chi connectivity index (χ1n) is 8.22. The molecule has 1 aliphatic heterocycles. The third kappa shape index (κ3) is 3.23. The molecule has 0 aromatic carbocycles. The number of ether oxygens (including phenoxy) is 1. The van der Waals surface area contributed by atoms with E-state index in [1.165, 1.54) is 24.9 Å². The summed E-state index contributed by atoms with van der Waals surface area (Å²) in [7, 11) is 1.34. The van der Waals surface area contributed by atoms with Gasteiger partial charge in [-0.15, -0.1) is 11.3 Å². The third-order valence-corrected chi connectivity index (χ3v) is 5.70. The number of hydrogen-bond donors (Lipinski definition) is 1. The van der Waals surface area contributed by atoms with Gasteiger partial charge in [0.2, 0.25) is 0 Å². The van der Waals surface area contributed by atoms with Gasteiger partial charge in [0, 0.05) is 13.1 Å². The lowest BCUT2D eigenvalue weighted by Crippen LogP contribution is -2.38. The Hall–Kier alpha value is -1.73. The lowest BCUT2D eigenvalue weighted by atomic mass is 9.92. The van der Waals surface area contributed by atoms with Crippen LogP contribution in [0.25, 0.3) is 10.2 Å². The number of carbonyl (C=O) groups is 1. The highest BCUT2D eigenvalue weighted by molar-refractivity contribution is 7.20. The lowest BCUT2D eigenvalue weighted by molar-refractivity contribution is 0.0605. The highest BCUT2D eigenvalue weighted by Crippen LogP contribution is 2.28. The minimum Gasteiger partial charge on any atom is -0.465 e. The first-order valence-corrected chi connectivity index (χ1v) is 9.03. The van der Waals surface area contributed by atoms with Crippen molar-refractivity contribution in [3.05, 3.63) is 26.6 Å². The first-order chi connectivity index (χ1) is 11.4. The molecule has 3 rings (SSSR count). The molecule has 0 spiro atoms. The Bertz CT molecular complexity index is 816. The normalized spacial score (nSPS) is 22.0. The monoisotopic (exact) mass is 349 g/mol. The van der Waals surface area contributed by atoms with Gasteiger partial charge in [-0.1, -0.05) is 13.8 Å². The summed E-state index contributed by atoms with van der Waals surface area (Å²) in [6.07, 6.45) is 1.24. The molecule has 0 unspecified atom stereocenters. The molecule has 7 heteroatoms. The molecular formula is C17H23N3O3S. The largest absolute Gasteiger partial charge is 0.465 e. The number of piperidine rings is 1. The Morgan fingerprint density at radius 1 is 1.38 bits per heavy atom. The second-order valence-electron chi connectivity index (χ2n) is 6.88. The van der Waals surface area contributed by atoms with E-state index in [4.69, 9.17) is 4.74 Å². The van der Waals surface area contributed by atoms with Crippen molar-refractivity contribution < 1.29 is 9.53 Å². The molecule has 0 bridgehead atoms. The number of H-pyrrole nitrogens is 1. The summed E-state index contributed by atoms with van der Waals surface area (Å²) < 4.78 is 4.79. The van der Waals surface area contributed by atoms with Crippen LogP contribution in [-0.2, 0) is 11.3 Å². The molecule has 2 aromatic rings. The van der Waals surface area contributed by atoms with Gasteiger partial charge in [0.15, 0.2) is 0 Å². The summed E-state index contributed by atoms with van der Waals surface area (Å²) in [5, 5.41) is 0.490. The van der Waals surface area contributed by atoms with Gasteiger partial charge in [-0.3, -0.25) is 9.69 Å². The van der Waals surface area contributed by atoms with E-state index in [0.717, 1.165) is 13.1 Å². The van der Waals surface area contributed by atoms with Gasteiger partial charge in [0.05, 0.1) is 19.0 Å². The zero-order chi connectivity index (χ0) is 17.4. The minimum atomic E-state index is -0.421. The second-order valence-corrected chi connectivity index (χ2v) is 7.88.